The molecule has 4 N–H and O–H groups in total. The van der Waals surface area contributed by atoms with Crippen LogP contribution in [0.1, 0.15) is 43.1 Å². The van der Waals surface area contributed by atoms with Crippen LogP contribution < -0.4 is 26.3 Å². The topological polar surface area (TPSA) is 98.6 Å². The van der Waals surface area contributed by atoms with Crippen LogP contribution in [0.4, 0.5) is 10.1 Å². The van der Waals surface area contributed by atoms with E-state index in [-0.39, 0.29) is 33.7 Å². The van der Waals surface area contributed by atoms with Crippen molar-refractivity contribution >= 4 is 34.2 Å². The van der Waals surface area contributed by atoms with E-state index in [9.17, 15) is 19.1 Å². The number of benzene rings is 1. The quantitative estimate of drug-likeness (QED) is 0.535. The molecule has 2 aliphatic heterocycles. The van der Waals surface area contributed by atoms with Crippen LogP contribution in [-0.2, 0) is 0 Å². The lowest BCUT2D eigenvalue weighted by Gasteiger charge is -2.34. The Kier molecular flexibility index (Phi) is 7.23. The second-order valence-corrected chi connectivity index (χ2v) is 9.47. The van der Waals surface area contributed by atoms with Crippen molar-refractivity contribution in [3.8, 4) is 0 Å². The number of halogens is 2. The van der Waals surface area contributed by atoms with Crippen molar-refractivity contribution < 1.29 is 14.3 Å². The van der Waals surface area contributed by atoms with Gasteiger partial charge in [0.2, 0.25) is 5.43 Å². The lowest BCUT2D eigenvalue weighted by atomic mass is 10.1. The van der Waals surface area contributed by atoms with Crippen molar-refractivity contribution in [1.29, 1.82) is 0 Å². The molecule has 0 bridgehead atoms. The Bertz CT molecular complexity index is 1100. The summed E-state index contributed by atoms with van der Waals surface area (Å²) in [6.45, 7) is 9.49. The summed E-state index contributed by atoms with van der Waals surface area (Å²) >= 11 is 6.60. The molecule has 5 rings (SSSR count). The van der Waals surface area contributed by atoms with E-state index in [0.717, 1.165) is 38.5 Å². The fourth-order valence-electron chi connectivity index (χ4n) is 4.45. The maximum Gasteiger partial charge on any atom is 0.341 e. The molecule has 10 heteroatoms. The zero-order valence-corrected chi connectivity index (χ0v) is 19.7. The Morgan fingerprint density at radius 1 is 1.18 bits per heavy atom. The first-order valence-electron chi connectivity index (χ1n) is 11.5. The van der Waals surface area contributed by atoms with Gasteiger partial charge < -0.3 is 30.5 Å². The molecule has 3 heterocycles. The van der Waals surface area contributed by atoms with E-state index in [1.807, 2.05) is 11.8 Å². The molecule has 33 heavy (non-hydrogen) atoms. The Morgan fingerprint density at radius 2 is 1.91 bits per heavy atom. The van der Waals surface area contributed by atoms with Crippen LogP contribution in [0.25, 0.3) is 10.9 Å². The summed E-state index contributed by atoms with van der Waals surface area (Å²) in [4.78, 5) is 25.9. The van der Waals surface area contributed by atoms with Gasteiger partial charge in [0.05, 0.1) is 21.6 Å². The molecule has 1 saturated carbocycles. The number of carboxylic acids is 1. The second-order valence-electron chi connectivity index (χ2n) is 9.09. The number of piperazine rings is 2. The fourth-order valence-corrected chi connectivity index (χ4v) is 4.86. The van der Waals surface area contributed by atoms with Gasteiger partial charge in [0.15, 0.2) is 0 Å². The number of carbonyl (C=O) groups is 1. The smallest absolute Gasteiger partial charge is 0.341 e. The largest absolute Gasteiger partial charge is 0.477 e. The summed E-state index contributed by atoms with van der Waals surface area (Å²) in [5.41, 5.74) is -0.356. The van der Waals surface area contributed by atoms with E-state index in [0.29, 0.717) is 31.2 Å². The third-order valence-corrected chi connectivity index (χ3v) is 6.64. The predicted octanol–water partition coefficient (Wildman–Crippen LogP) is 2.19. The van der Waals surface area contributed by atoms with Crippen LogP contribution in [0, 0.1) is 5.82 Å². The highest BCUT2D eigenvalue weighted by atomic mass is 35.5. The molecular formula is C23H31ClFN5O3. The van der Waals surface area contributed by atoms with Gasteiger partial charge in [-0.05, 0) is 32.8 Å². The van der Waals surface area contributed by atoms with Gasteiger partial charge in [-0.3, -0.25) is 4.79 Å². The Balaban J connectivity index is 0.000000318. The van der Waals surface area contributed by atoms with Crippen molar-refractivity contribution in [2.45, 2.75) is 44.8 Å². The van der Waals surface area contributed by atoms with Gasteiger partial charge in [0.25, 0.3) is 0 Å². The van der Waals surface area contributed by atoms with E-state index < -0.39 is 17.2 Å². The molecule has 0 amide bonds. The van der Waals surface area contributed by atoms with Crippen LogP contribution in [-0.4, -0.2) is 67.0 Å². The number of hydrogen-bond acceptors (Lipinski definition) is 6. The molecule has 8 nitrogen and oxygen atoms in total. The lowest BCUT2D eigenvalue weighted by Crippen LogP contribution is -2.49. The zero-order chi connectivity index (χ0) is 23.7. The Labute approximate surface area is 197 Å². The normalized spacial score (nSPS) is 23.2. The molecule has 2 atom stereocenters. The van der Waals surface area contributed by atoms with E-state index in [1.54, 1.807) is 4.57 Å². The van der Waals surface area contributed by atoms with E-state index in [1.165, 1.54) is 6.20 Å². The van der Waals surface area contributed by atoms with Gasteiger partial charge in [-0.15, -0.1) is 0 Å². The Hall–Kier alpha value is -2.20. The average molecular weight is 480 g/mol. The number of pyridine rings is 1. The third-order valence-electron chi connectivity index (χ3n) is 6.28. The summed E-state index contributed by atoms with van der Waals surface area (Å²) in [5, 5.41) is 19.4. The van der Waals surface area contributed by atoms with Crippen LogP contribution in [0.5, 0.6) is 0 Å². The number of fused-ring (bicyclic) bond motifs is 1. The predicted molar refractivity (Wildman–Crippen MR) is 128 cm³/mol. The molecular weight excluding hydrogens is 449 g/mol. The monoisotopic (exact) mass is 479 g/mol. The molecule has 1 aromatic heterocycles. The molecule has 2 aromatic rings. The number of anilines is 1. The number of aromatic nitrogens is 1. The number of nitrogens with one attached hydrogen (secondary N) is 3. The van der Waals surface area contributed by atoms with Crippen molar-refractivity contribution in [2.75, 3.05) is 44.2 Å². The van der Waals surface area contributed by atoms with Crippen molar-refractivity contribution in [2.24, 2.45) is 0 Å². The summed E-state index contributed by atoms with van der Waals surface area (Å²) in [5.74, 6) is -1.92. The van der Waals surface area contributed by atoms with Crippen LogP contribution >= 0.6 is 11.6 Å². The van der Waals surface area contributed by atoms with Crippen molar-refractivity contribution in [1.82, 2.24) is 20.5 Å². The molecule has 180 valence electrons. The van der Waals surface area contributed by atoms with Crippen molar-refractivity contribution in [3.63, 3.8) is 0 Å². The highest BCUT2D eigenvalue weighted by Crippen LogP contribution is 2.42. The minimum Gasteiger partial charge on any atom is -0.477 e. The maximum atomic E-state index is 14.9. The number of rotatable bonds is 3. The highest BCUT2D eigenvalue weighted by molar-refractivity contribution is 6.38. The number of hydrogen-bond donors (Lipinski definition) is 4. The first-order valence-corrected chi connectivity index (χ1v) is 11.9. The second kappa shape index (κ2) is 9.97. The van der Waals surface area contributed by atoms with Gasteiger partial charge >= 0.3 is 5.97 Å². The first kappa shape index (κ1) is 23.9. The summed E-state index contributed by atoms with van der Waals surface area (Å²) in [6.07, 6.45) is 3.11. The molecule has 1 aromatic carbocycles. The molecule has 2 unspecified atom stereocenters. The number of aromatic carboxylic acids is 1. The minimum atomic E-state index is -1.32. The van der Waals surface area contributed by atoms with Gasteiger partial charge in [-0.25, -0.2) is 9.18 Å². The fraction of sp³-hybridized carbons (Fsp3) is 0.565. The molecule has 1 aliphatic carbocycles. The van der Waals surface area contributed by atoms with E-state index in [2.05, 4.69) is 22.9 Å². The van der Waals surface area contributed by atoms with Gasteiger partial charge in [0.1, 0.15) is 11.4 Å². The Morgan fingerprint density at radius 3 is 2.45 bits per heavy atom. The minimum absolute atomic E-state index is 0.0197. The highest BCUT2D eigenvalue weighted by Gasteiger charge is 2.31. The van der Waals surface area contributed by atoms with E-state index in [4.69, 9.17) is 11.6 Å². The van der Waals surface area contributed by atoms with Gasteiger partial charge in [-0.1, -0.05) is 11.6 Å². The lowest BCUT2D eigenvalue weighted by molar-refractivity contribution is 0.0695. The van der Waals surface area contributed by atoms with Gasteiger partial charge in [0, 0.05) is 63.6 Å². The summed E-state index contributed by atoms with van der Waals surface area (Å²) < 4.78 is 16.6. The van der Waals surface area contributed by atoms with Gasteiger partial charge in [-0.2, -0.15) is 0 Å². The molecule has 0 spiro atoms. The zero-order valence-electron chi connectivity index (χ0n) is 19.0. The maximum absolute atomic E-state index is 14.9. The summed E-state index contributed by atoms with van der Waals surface area (Å²) in [6, 6.07) is 2.09. The van der Waals surface area contributed by atoms with Crippen molar-refractivity contribution in [3.05, 3.63) is 38.9 Å². The SMILES string of the molecule is CC1CN(c2c(F)cc3c(=O)c(C(=O)O)cn(C4CC4)c3c2Cl)CCN1.CC1CNCCN1. The summed E-state index contributed by atoms with van der Waals surface area (Å²) in [7, 11) is 0. The standard InChI is InChI=1S/C18H19ClFN3O3.C5H12N2/c1-9-7-22(5-4-21-9)16-13(20)6-11-15(14(16)19)23(10-2-3-10)8-12(17(11)24)18(25)26;1-5-4-6-2-3-7-5/h6,8-10,21H,2-5,7H2,1H3,(H,25,26);5-7H,2-4H2,1H3. The number of nitrogens with zero attached hydrogens (tertiary/aromatic N) is 2. The first-order chi connectivity index (χ1) is 15.8. The number of carboxylic acid groups (broad SMARTS) is 1. The van der Waals surface area contributed by atoms with Crippen LogP contribution in [0.3, 0.4) is 0 Å². The average Bonchev–Trinajstić information content (AvgIpc) is 3.61. The molecule has 3 fully saturated rings. The molecule has 2 saturated heterocycles. The van der Waals surface area contributed by atoms with Crippen LogP contribution in [0.15, 0.2) is 17.1 Å². The van der Waals surface area contributed by atoms with Crippen LogP contribution in [0.2, 0.25) is 5.02 Å². The van der Waals surface area contributed by atoms with E-state index >= 15 is 0 Å². The third kappa shape index (κ3) is 5.16. The molecule has 3 aliphatic rings. The molecule has 0 radical (unpaired) electrons.